The van der Waals surface area contributed by atoms with Crippen LogP contribution in [0.3, 0.4) is 0 Å². The van der Waals surface area contributed by atoms with Crippen LogP contribution >= 0.6 is 23.3 Å². The van der Waals surface area contributed by atoms with E-state index in [0.29, 0.717) is 38.9 Å². The smallest absolute Gasteiger partial charge is 0.273 e. The summed E-state index contributed by atoms with van der Waals surface area (Å²) in [6, 6.07) is 14.1. The van der Waals surface area contributed by atoms with Crippen LogP contribution in [0.2, 0.25) is 0 Å². The molecule has 4 aromatic rings. The summed E-state index contributed by atoms with van der Waals surface area (Å²) in [6.45, 7) is 4.13. The molecule has 0 fully saturated rings. The van der Waals surface area contributed by atoms with E-state index >= 15 is 0 Å². The van der Waals surface area contributed by atoms with Crippen molar-refractivity contribution in [3.05, 3.63) is 70.3 Å². The third kappa shape index (κ3) is 4.58. The lowest BCUT2D eigenvalue weighted by Crippen LogP contribution is -2.23. The van der Waals surface area contributed by atoms with Crippen LogP contribution in [0.5, 0.6) is 0 Å². The van der Waals surface area contributed by atoms with Crippen molar-refractivity contribution in [1.82, 2.24) is 13.9 Å². The number of nitrogens with zero attached hydrogens (tertiary/aromatic N) is 3. The van der Waals surface area contributed by atoms with Crippen LogP contribution in [0.15, 0.2) is 58.5 Å². The van der Waals surface area contributed by atoms with Crippen LogP contribution in [0, 0.1) is 12.7 Å². The minimum atomic E-state index is -0.377. The minimum Gasteiger partial charge on any atom is -0.325 e. The molecular weight excluding hydrogens is 447 g/mol. The summed E-state index contributed by atoms with van der Waals surface area (Å²) in [5, 5.41) is 3.16. The van der Waals surface area contributed by atoms with Gasteiger partial charge in [-0.25, -0.2) is 9.37 Å². The highest BCUT2D eigenvalue weighted by molar-refractivity contribution is 7.99. The summed E-state index contributed by atoms with van der Waals surface area (Å²) in [5.74, 6) is -0.643. The van der Waals surface area contributed by atoms with Gasteiger partial charge in [0.1, 0.15) is 21.7 Å². The molecule has 9 heteroatoms. The molecule has 0 spiro atoms. The summed E-state index contributed by atoms with van der Waals surface area (Å²) in [4.78, 5) is 30.3. The van der Waals surface area contributed by atoms with E-state index in [2.05, 4.69) is 9.69 Å². The molecule has 2 aromatic heterocycles. The number of hydrogen-bond acceptors (Lipinski definition) is 6. The van der Waals surface area contributed by atoms with Gasteiger partial charge in [0.2, 0.25) is 5.91 Å². The third-order valence-corrected chi connectivity index (χ3v) is 6.63. The molecule has 0 bridgehead atoms. The van der Waals surface area contributed by atoms with Gasteiger partial charge in [-0.05, 0) is 42.6 Å². The van der Waals surface area contributed by atoms with E-state index in [-0.39, 0.29) is 23.0 Å². The molecule has 164 valence electrons. The Morgan fingerprint density at radius 1 is 1.22 bits per heavy atom. The normalized spacial score (nSPS) is 11.1. The Labute approximate surface area is 192 Å². The summed E-state index contributed by atoms with van der Waals surface area (Å²) in [6.07, 6.45) is 0.750. The maximum Gasteiger partial charge on any atom is 0.273 e. The second-order valence-electron chi connectivity index (χ2n) is 7.23. The molecule has 4 rings (SSSR count). The molecule has 1 N–H and O–H groups in total. The Kier molecular flexibility index (Phi) is 6.66. The van der Waals surface area contributed by atoms with Gasteiger partial charge in [-0.1, -0.05) is 55.1 Å². The summed E-state index contributed by atoms with van der Waals surface area (Å²) in [5.41, 5.74) is 2.84. The monoisotopic (exact) mass is 468 g/mol. The van der Waals surface area contributed by atoms with Crippen molar-refractivity contribution in [3.8, 4) is 11.3 Å². The van der Waals surface area contributed by atoms with Crippen molar-refractivity contribution in [3.63, 3.8) is 0 Å². The zero-order chi connectivity index (χ0) is 22.7. The summed E-state index contributed by atoms with van der Waals surface area (Å²) in [7, 11) is 0. The van der Waals surface area contributed by atoms with E-state index in [1.165, 1.54) is 17.8 Å². The van der Waals surface area contributed by atoms with Gasteiger partial charge >= 0.3 is 0 Å². The molecule has 1 amide bonds. The number of hydrogen-bond donors (Lipinski definition) is 1. The molecule has 0 aliphatic heterocycles. The van der Waals surface area contributed by atoms with Crippen LogP contribution in [0.25, 0.3) is 21.5 Å². The van der Waals surface area contributed by atoms with E-state index in [4.69, 9.17) is 4.98 Å². The second kappa shape index (κ2) is 9.62. The van der Waals surface area contributed by atoms with Crippen molar-refractivity contribution in [1.29, 1.82) is 0 Å². The molecule has 0 aliphatic carbocycles. The first-order valence-electron chi connectivity index (χ1n) is 10.1. The van der Waals surface area contributed by atoms with E-state index in [1.807, 2.05) is 37.3 Å². The number of carbonyl (C=O) groups excluding carboxylic acids is 1. The van der Waals surface area contributed by atoms with Crippen LogP contribution in [0.1, 0.15) is 18.9 Å². The van der Waals surface area contributed by atoms with Crippen molar-refractivity contribution in [2.75, 3.05) is 11.1 Å². The van der Waals surface area contributed by atoms with Gasteiger partial charge in [-0.2, -0.15) is 4.37 Å². The SMILES string of the molecule is CCCn1c(SCC(=O)Nc2ccc(C)c(F)c2)nc2c(-c3ccccc3)nsc2c1=O. The van der Waals surface area contributed by atoms with Gasteiger partial charge in [-0.3, -0.25) is 14.2 Å². The van der Waals surface area contributed by atoms with Gasteiger partial charge in [0.25, 0.3) is 5.56 Å². The molecule has 2 heterocycles. The second-order valence-corrected chi connectivity index (χ2v) is 8.94. The lowest BCUT2D eigenvalue weighted by Gasteiger charge is -2.11. The average Bonchev–Trinajstić information content (AvgIpc) is 3.22. The molecule has 0 saturated carbocycles. The number of thioether (sulfide) groups is 1. The fourth-order valence-corrected chi connectivity index (χ4v) is 4.82. The first kappa shape index (κ1) is 22.2. The quantitative estimate of drug-likeness (QED) is 0.301. The number of nitrogens with one attached hydrogen (secondary N) is 1. The van der Waals surface area contributed by atoms with Gasteiger partial charge in [0, 0.05) is 17.8 Å². The van der Waals surface area contributed by atoms with Crippen LogP contribution in [-0.2, 0) is 11.3 Å². The van der Waals surface area contributed by atoms with E-state index in [9.17, 15) is 14.0 Å². The largest absolute Gasteiger partial charge is 0.325 e. The number of anilines is 1. The summed E-state index contributed by atoms with van der Waals surface area (Å²) >= 11 is 2.32. The predicted molar refractivity (Wildman–Crippen MR) is 128 cm³/mol. The lowest BCUT2D eigenvalue weighted by molar-refractivity contribution is -0.113. The zero-order valence-electron chi connectivity index (χ0n) is 17.6. The lowest BCUT2D eigenvalue weighted by atomic mass is 10.1. The van der Waals surface area contributed by atoms with Crippen molar-refractivity contribution >= 4 is 45.1 Å². The number of carbonyl (C=O) groups is 1. The predicted octanol–water partition coefficient (Wildman–Crippen LogP) is 5.11. The van der Waals surface area contributed by atoms with Crippen LogP contribution in [0.4, 0.5) is 10.1 Å². The highest BCUT2D eigenvalue weighted by Crippen LogP contribution is 2.29. The highest BCUT2D eigenvalue weighted by Gasteiger charge is 2.19. The fraction of sp³-hybridized carbons (Fsp3) is 0.217. The molecule has 0 radical (unpaired) electrons. The highest BCUT2D eigenvalue weighted by atomic mass is 32.2. The molecule has 0 atom stereocenters. The van der Waals surface area contributed by atoms with Gasteiger partial charge in [-0.15, -0.1) is 0 Å². The minimum absolute atomic E-state index is 0.0371. The van der Waals surface area contributed by atoms with Crippen LogP contribution < -0.4 is 10.9 Å². The standard InChI is InChI=1S/C23H21FN4O2S2/c1-3-11-28-22(30)21-20(19(27-32-21)15-7-5-4-6-8-15)26-23(28)31-13-18(29)25-16-10-9-14(2)17(24)12-16/h4-10,12H,3,11,13H2,1-2H3,(H,25,29). The average molecular weight is 469 g/mol. The Morgan fingerprint density at radius 2 is 2.00 bits per heavy atom. The first-order chi connectivity index (χ1) is 15.5. The molecule has 32 heavy (non-hydrogen) atoms. The number of fused-ring (bicyclic) bond motifs is 1. The number of aryl methyl sites for hydroxylation is 1. The fourth-order valence-electron chi connectivity index (χ4n) is 3.21. The van der Waals surface area contributed by atoms with Gasteiger partial charge in [0.05, 0.1) is 5.75 Å². The van der Waals surface area contributed by atoms with E-state index in [1.54, 1.807) is 23.6 Å². The maximum atomic E-state index is 13.7. The van der Waals surface area contributed by atoms with Crippen molar-refractivity contribution < 1.29 is 9.18 Å². The molecular formula is C23H21FN4O2S2. The topological polar surface area (TPSA) is 76.9 Å². The Morgan fingerprint density at radius 3 is 2.72 bits per heavy atom. The Balaban J connectivity index is 1.63. The number of rotatable bonds is 7. The van der Waals surface area contributed by atoms with Crippen molar-refractivity contribution in [2.24, 2.45) is 0 Å². The number of benzene rings is 2. The first-order valence-corrected chi connectivity index (χ1v) is 11.9. The maximum absolute atomic E-state index is 13.7. The van der Waals surface area contributed by atoms with Crippen LogP contribution in [-0.4, -0.2) is 25.6 Å². The molecule has 6 nitrogen and oxygen atoms in total. The van der Waals surface area contributed by atoms with Crippen molar-refractivity contribution in [2.45, 2.75) is 32.0 Å². The van der Waals surface area contributed by atoms with E-state index < -0.39 is 0 Å². The zero-order valence-corrected chi connectivity index (χ0v) is 19.2. The molecule has 0 aliphatic rings. The Bertz CT molecular complexity index is 1340. The number of aromatic nitrogens is 3. The van der Waals surface area contributed by atoms with E-state index in [0.717, 1.165) is 23.5 Å². The number of amides is 1. The number of halogens is 1. The molecule has 0 saturated heterocycles. The summed E-state index contributed by atoms with van der Waals surface area (Å²) < 4.78 is 20.3. The van der Waals surface area contributed by atoms with Gasteiger partial charge < -0.3 is 5.32 Å². The van der Waals surface area contributed by atoms with Gasteiger partial charge in [0.15, 0.2) is 5.16 Å². The Hall–Kier alpha value is -3.04. The molecule has 0 unspecified atom stereocenters. The molecule has 2 aromatic carbocycles. The third-order valence-electron chi connectivity index (χ3n) is 4.83.